The van der Waals surface area contributed by atoms with E-state index in [0.717, 1.165) is 42.0 Å². The molecule has 2 aromatic rings. The van der Waals surface area contributed by atoms with E-state index < -0.39 is 10.0 Å². The number of amidine groups is 1. The van der Waals surface area contributed by atoms with Crippen LogP contribution in [0.25, 0.3) is 0 Å². The highest BCUT2D eigenvalue weighted by atomic mass is 32.2. The zero-order valence-electron chi connectivity index (χ0n) is 19.0. The van der Waals surface area contributed by atoms with Gasteiger partial charge in [-0.2, -0.15) is 0 Å². The van der Waals surface area contributed by atoms with Gasteiger partial charge < -0.3 is 10.2 Å². The van der Waals surface area contributed by atoms with Crippen LogP contribution in [0.2, 0.25) is 0 Å². The maximum absolute atomic E-state index is 12.6. The summed E-state index contributed by atoms with van der Waals surface area (Å²) in [5, 5.41) is 3.26. The number of nitrogens with zero attached hydrogens (tertiary/aromatic N) is 3. The number of rotatable bonds is 10. The molecule has 0 radical (unpaired) electrons. The standard InChI is InChI=1S/C24H32N4O3S/c1-19-6-12-22(13-7-19)32(30,31)28(3)17-4-5-23(29)27(2)18-14-20-8-10-21(11-9-20)24-25-15-16-26-24/h6-13H,4-5,14-18H2,1-3H3,(H,25,26). The lowest BCUT2D eigenvalue weighted by molar-refractivity contribution is -0.130. The molecule has 0 unspecified atom stereocenters. The minimum absolute atomic E-state index is 0.0206. The summed E-state index contributed by atoms with van der Waals surface area (Å²) in [6.07, 6.45) is 1.56. The average Bonchev–Trinajstić information content (AvgIpc) is 3.33. The molecule has 0 saturated heterocycles. The Hall–Kier alpha value is -2.71. The van der Waals surface area contributed by atoms with Gasteiger partial charge in [0.2, 0.25) is 15.9 Å². The summed E-state index contributed by atoms with van der Waals surface area (Å²) >= 11 is 0. The molecule has 172 valence electrons. The molecule has 0 saturated carbocycles. The number of aryl methyl sites for hydroxylation is 1. The molecule has 8 heteroatoms. The lowest BCUT2D eigenvalue weighted by atomic mass is 10.1. The number of benzene rings is 2. The maximum atomic E-state index is 12.6. The van der Waals surface area contributed by atoms with E-state index in [1.54, 1.807) is 43.3 Å². The van der Waals surface area contributed by atoms with Crippen molar-refractivity contribution in [2.45, 2.75) is 31.1 Å². The lowest BCUT2D eigenvalue weighted by Crippen LogP contribution is -2.31. The largest absolute Gasteiger partial charge is 0.368 e. The molecule has 32 heavy (non-hydrogen) atoms. The van der Waals surface area contributed by atoms with Crippen LogP contribution in [0.15, 0.2) is 58.4 Å². The number of hydrogen-bond acceptors (Lipinski definition) is 5. The number of aliphatic imine (C=N–C) groups is 1. The fourth-order valence-corrected chi connectivity index (χ4v) is 4.71. The van der Waals surface area contributed by atoms with Crippen molar-refractivity contribution in [2.24, 2.45) is 4.99 Å². The fourth-order valence-electron chi connectivity index (χ4n) is 3.50. The van der Waals surface area contributed by atoms with Crippen LogP contribution in [-0.4, -0.2) is 69.6 Å². The Labute approximate surface area is 191 Å². The Balaban J connectivity index is 1.42. The summed E-state index contributed by atoms with van der Waals surface area (Å²) in [6.45, 7) is 4.54. The van der Waals surface area contributed by atoms with Crippen LogP contribution in [-0.2, 0) is 21.2 Å². The second-order valence-corrected chi connectivity index (χ2v) is 10.2. The second kappa shape index (κ2) is 10.7. The first-order chi connectivity index (χ1) is 15.3. The van der Waals surface area contributed by atoms with Crippen LogP contribution in [0, 0.1) is 6.92 Å². The van der Waals surface area contributed by atoms with Gasteiger partial charge in [-0.1, -0.05) is 42.0 Å². The Morgan fingerprint density at radius 3 is 2.34 bits per heavy atom. The van der Waals surface area contributed by atoms with Gasteiger partial charge in [0.1, 0.15) is 5.84 Å². The van der Waals surface area contributed by atoms with Crippen molar-refractivity contribution >= 4 is 21.8 Å². The summed E-state index contributed by atoms with van der Waals surface area (Å²) < 4.78 is 26.6. The van der Waals surface area contributed by atoms with E-state index in [1.165, 1.54) is 4.31 Å². The van der Waals surface area contributed by atoms with E-state index in [-0.39, 0.29) is 10.8 Å². The van der Waals surface area contributed by atoms with Crippen LogP contribution in [0.4, 0.5) is 0 Å². The minimum atomic E-state index is -3.53. The number of carbonyl (C=O) groups is 1. The van der Waals surface area contributed by atoms with E-state index >= 15 is 0 Å². The summed E-state index contributed by atoms with van der Waals surface area (Å²) in [7, 11) is -0.187. The lowest BCUT2D eigenvalue weighted by Gasteiger charge is -2.20. The highest BCUT2D eigenvalue weighted by Gasteiger charge is 2.20. The van der Waals surface area contributed by atoms with Crippen molar-refractivity contribution in [3.8, 4) is 0 Å². The quantitative estimate of drug-likeness (QED) is 0.595. The molecule has 1 aliphatic heterocycles. The Morgan fingerprint density at radius 2 is 1.72 bits per heavy atom. The Bertz CT molecular complexity index is 1050. The summed E-state index contributed by atoms with van der Waals surface area (Å²) in [4.78, 5) is 18.9. The first kappa shape index (κ1) is 23.9. The number of carbonyl (C=O) groups excluding carboxylic acids is 1. The molecule has 0 atom stereocenters. The van der Waals surface area contributed by atoms with Crippen molar-refractivity contribution in [1.82, 2.24) is 14.5 Å². The third-order valence-corrected chi connectivity index (χ3v) is 7.53. The highest BCUT2D eigenvalue weighted by Crippen LogP contribution is 2.16. The van der Waals surface area contributed by atoms with Crippen LogP contribution < -0.4 is 5.32 Å². The number of likely N-dealkylation sites (N-methyl/N-ethyl adjacent to an activating group) is 1. The van der Waals surface area contributed by atoms with Crippen molar-refractivity contribution < 1.29 is 13.2 Å². The van der Waals surface area contributed by atoms with Gasteiger partial charge in [0.15, 0.2) is 0 Å². The van der Waals surface area contributed by atoms with Crippen molar-refractivity contribution in [2.75, 3.05) is 40.3 Å². The highest BCUT2D eigenvalue weighted by molar-refractivity contribution is 7.89. The predicted octanol–water partition coefficient (Wildman–Crippen LogP) is 2.45. The minimum Gasteiger partial charge on any atom is -0.368 e. The Morgan fingerprint density at radius 1 is 1.03 bits per heavy atom. The monoisotopic (exact) mass is 456 g/mol. The summed E-state index contributed by atoms with van der Waals surface area (Å²) in [6, 6.07) is 15.0. The maximum Gasteiger partial charge on any atom is 0.242 e. The SMILES string of the molecule is Cc1ccc(S(=O)(=O)N(C)CCCC(=O)N(C)CCc2ccc(C3=NCCN3)cc2)cc1. The van der Waals surface area contributed by atoms with Gasteiger partial charge in [-0.05, 0) is 37.5 Å². The average molecular weight is 457 g/mol. The fraction of sp³-hybridized carbons (Fsp3) is 0.417. The van der Waals surface area contributed by atoms with Gasteiger partial charge in [-0.25, -0.2) is 12.7 Å². The summed E-state index contributed by atoms with van der Waals surface area (Å²) in [5.74, 6) is 0.963. The van der Waals surface area contributed by atoms with Gasteiger partial charge in [0.25, 0.3) is 0 Å². The predicted molar refractivity (Wildman–Crippen MR) is 127 cm³/mol. The number of nitrogens with one attached hydrogen (secondary N) is 1. The number of amides is 1. The zero-order chi connectivity index (χ0) is 23.1. The first-order valence-corrected chi connectivity index (χ1v) is 12.4. The third-order valence-electron chi connectivity index (χ3n) is 5.66. The molecule has 3 rings (SSSR count). The molecule has 0 spiro atoms. The number of hydrogen-bond donors (Lipinski definition) is 1. The smallest absolute Gasteiger partial charge is 0.242 e. The first-order valence-electron chi connectivity index (χ1n) is 10.9. The van der Waals surface area contributed by atoms with E-state index in [9.17, 15) is 13.2 Å². The molecular formula is C24H32N4O3S. The van der Waals surface area contributed by atoms with Gasteiger partial charge in [-0.15, -0.1) is 0 Å². The summed E-state index contributed by atoms with van der Waals surface area (Å²) in [5.41, 5.74) is 3.26. The van der Waals surface area contributed by atoms with E-state index in [0.29, 0.717) is 25.9 Å². The van der Waals surface area contributed by atoms with Gasteiger partial charge >= 0.3 is 0 Å². The Kier molecular flexibility index (Phi) is 8.04. The molecule has 1 amide bonds. The van der Waals surface area contributed by atoms with Crippen molar-refractivity contribution in [1.29, 1.82) is 0 Å². The molecule has 1 aliphatic rings. The second-order valence-electron chi connectivity index (χ2n) is 8.16. The van der Waals surface area contributed by atoms with Gasteiger partial charge in [0.05, 0.1) is 11.4 Å². The molecule has 0 aliphatic carbocycles. The van der Waals surface area contributed by atoms with Gasteiger partial charge in [0, 0.05) is 45.7 Å². The molecule has 0 aromatic heterocycles. The molecule has 1 heterocycles. The molecular weight excluding hydrogens is 424 g/mol. The zero-order valence-corrected chi connectivity index (χ0v) is 19.9. The number of sulfonamides is 1. The van der Waals surface area contributed by atoms with Crippen LogP contribution in [0.3, 0.4) is 0 Å². The topological polar surface area (TPSA) is 82.1 Å². The van der Waals surface area contributed by atoms with E-state index in [1.807, 2.05) is 6.92 Å². The van der Waals surface area contributed by atoms with Crippen LogP contribution in [0.1, 0.15) is 29.5 Å². The van der Waals surface area contributed by atoms with E-state index in [4.69, 9.17) is 0 Å². The molecule has 1 N–H and O–H groups in total. The van der Waals surface area contributed by atoms with Crippen LogP contribution in [0.5, 0.6) is 0 Å². The van der Waals surface area contributed by atoms with E-state index in [2.05, 4.69) is 34.6 Å². The normalized spacial score (nSPS) is 13.7. The molecule has 2 aromatic carbocycles. The molecule has 0 fully saturated rings. The molecule has 0 bridgehead atoms. The van der Waals surface area contributed by atoms with Crippen LogP contribution >= 0.6 is 0 Å². The van der Waals surface area contributed by atoms with Crippen molar-refractivity contribution in [3.63, 3.8) is 0 Å². The van der Waals surface area contributed by atoms with Crippen molar-refractivity contribution in [3.05, 3.63) is 65.2 Å². The molecule has 7 nitrogen and oxygen atoms in total. The van der Waals surface area contributed by atoms with Gasteiger partial charge in [-0.3, -0.25) is 9.79 Å². The third kappa shape index (κ3) is 6.17.